The van der Waals surface area contributed by atoms with Gasteiger partial charge in [-0.15, -0.1) is 0 Å². The number of aryl methyl sites for hydroxylation is 1. The van der Waals surface area contributed by atoms with Crippen LogP contribution in [-0.2, 0) is 17.5 Å². The molecule has 0 amide bonds. The van der Waals surface area contributed by atoms with Crippen molar-refractivity contribution in [1.29, 1.82) is 0 Å². The maximum Gasteiger partial charge on any atom is 0.418 e. The number of rotatable bonds is 9. The number of nitrogens with two attached hydrogens (primary N) is 1. The topological polar surface area (TPSA) is 65.7 Å². The van der Waals surface area contributed by atoms with E-state index in [9.17, 15) is 13.2 Å². The van der Waals surface area contributed by atoms with E-state index in [1.165, 1.54) is 31.4 Å². The Balaban J connectivity index is 0.000000380. The van der Waals surface area contributed by atoms with Crippen molar-refractivity contribution < 1.29 is 27.4 Å². The molecule has 0 atom stereocenters. The van der Waals surface area contributed by atoms with Gasteiger partial charge in [0.25, 0.3) is 0 Å². The quantitative estimate of drug-likeness (QED) is 0.241. The third-order valence-corrected chi connectivity index (χ3v) is 5.40. The van der Waals surface area contributed by atoms with Gasteiger partial charge in [-0.1, -0.05) is 61.9 Å². The molecule has 0 saturated carbocycles. The molecule has 0 heterocycles. The Morgan fingerprint density at radius 1 is 0.972 bits per heavy atom. The number of benzene rings is 3. The molecule has 0 aromatic heterocycles. The summed E-state index contributed by atoms with van der Waals surface area (Å²) in [6, 6.07) is 18.6. The third-order valence-electron chi connectivity index (χ3n) is 5.40. The van der Waals surface area contributed by atoms with Crippen molar-refractivity contribution in [2.45, 2.75) is 39.5 Å². The van der Waals surface area contributed by atoms with Crippen LogP contribution in [0.15, 0.2) is 60.7 Å². The Labute approximate surface area is 211 Å². The smallest absolute Gasteiger partial charge is 0.418 e. The van der Waals surface area contributed by atoms with Crippen LogP contribution in [0, 0.1) is 6.92 Å². The number of hydrogen-bond donors (Lipinski definition) is 2. The van der Waals surface area contributed by atoms with Gasteiger partial charge in [0.1, 0.15) is 23.8 Å². The number of nitrogens with one attached hydrogen (secondary N) is 1. The highest BCUT2D eigenvalue weighted by molar-refractivity contribution is 5.79. The van der Waals surface area contributed by atoms with Gasteiger partial charge in [-0.2, -0.15) is 13.2 Å². The van der Waals surface area contributed by atoms with Crippen LogP contribution in [0.5, 0.6) is 11.5 Å². The van der Waals surface area contributed by atoms with Crippen LogP contribution in [0.1, 0.15) is 42.0 Å². The van der Waals surface area contributed by atoms with Crippen molar-refractivity contribution in [2.75, 3.05) is 38.4 Å². The van der Waals surface area contributed by atoms with Crippen LogP contribution in [0.4, 0.5) is 24.5 Å². The minimum Gasteiger partial charge on any atom is -0.494 e. The minimum absolute atomic E-state index is 0.0836. The first-order valence-corrected chi connectivity index (χ1v) is 11.6. The van der Waals surface area contributed by atoms with Crippen molar-refractivity contribution in [3.05, 3.63) is 82.9 Å². The second kappa shape index (κ2) is 13.6. The van der Waals surface area contributed by atoms with Gasteiger partial charge in [0, 0.05) is 19.2 Å². The molecule has 0 aliphatic heterocycles. The molecule has 5 nitrogen and oxygen atoms in total. The molecule has 0 spiro atoms. The van der Waals surface area contributed by atoms with E-state index >= 15 is 0 Å². The summed E-state index contributed by atoms with van der Waals surface area (Å²) >= 11 is 0. The summed E-state index contributed by atoms with van der Waals surface area (Å²) in [5.41, 5.74) is 7.21. The van der Waals surface area contributed by atoms with Crippen LogP contribution in [0.25, 0.3) is 0 Å². The first-order chi connectivity index (χ1) is 17.1. The number of hydrogen-bond acceptors (Lipinski definition) is 5. The fourth-order valence-electron chi connectivity index (χ4n) is 3.43. The fourth-order valence-corrected chi connectivity index (χ4v) is 3.43. The lowest BCUT2D eigenvalue weighted by Gasteiger charge is -2.21. The van der Waals surface area contributed by atoms with Gasteiger partial charge in [-0.25, -0.2) is 0 Å². The highest BCUT2D eigenvalue weighted by Crippen LogP contribution is 2.44. The van der Waals surface area contributed by atoms with Gasteiger partial charge >= 0.3 is 6.18 Å². The minimum atomic E-state index is -4.64. The zero-order chi connectivity index (χ0) is 26.7. The van der Waals surface area contributed by atoms with Gasteiger partial charge in [-0.3, -0.25) is 0 Å². The van der Waals surface area contributed by atoms with Crippen molar-refractivity contribution in [2.24, 2.45) is 0 Å². The summed E-state index contributed by atoms with van der Waals surface area (Å²) in [7, 11) is 2.86. The Kier molecular flexibility index (Phi) is 10.9. The molecule has 0 bridgehead atoms. The number of methoxy groups -OCH3 is 2. The normalized spacial score (nSPS) is 11.0. The Morgan fingerprint density at radius 2 is 1.61 bits per heavy atom. The molecule has 36 heavy (non-hydrogen) atoms. The molecular formula is C28H35F3N2O3. The highest BCUT2D eigenvalue weighted by atomic mass is 19.4. The highest BCUT2D eigenvalue weighted by Gasteiger charge is 2.38. The Bertz CT molecular complexity index is 1070. The standard InChI is InChI=1S/C18H21F3N2O3.C10H14/c1-24-9-8-23-17-14(25-2)10-12(15(16(17)22)18(19,20)21)11-26-13-6-4-3-5-7-13;1-8(2)10-6-4-9(3)5-7-10/h3-7,10,23H,8-9,11,22H2,1-2H3;4-8H,1-3H3. The molecule has 196 valence electrons. The zero-order valence-corrected chi connectivity index (χ0v) is 21.4. The van der Waals surface area contributed by atoms with Crippen molar-refractivity contribution >= 4 is 11.4 Å². The Hall–Kier alpha value is -3.39. The summed E-state index contributed by atoms with van der Waals surface area (Å²) in [5, 5.41) is 2.83. The number of para-hydroxylation sites is 1. The molecule has 0 saturated heterocycles. The molecule has 0 aliphatic carbocycles. The average Bonchev–Trinajstić information content (AvgIpc) is 2.84. The van der Waals surface area contributed by atoms with E-state index in [0.717, 1.165) is 0 Å². The predicted octanol–water partition coefficient (Wildman–Crippen LogP) is 7.05. The molecule has 3 aromatic rings. The number of anilines is 2. The molecular weight excluding hydrogens is 469 g/mol. The van der Waals surface area contributed by atoms with E-state index in [2.05, 4.69) is 50.4 Å². The van der Waals surface area contributed by atoms with E-state index in [-0.39, 0.29) is 30.2 Å². The number of nitrogen functional groups attached to an aromatic ring is 1. The number of ether oxygens (including phenoxy) is 3. The molecule has 8 heteroatoms. The summed E-state index contributed by atoms with van der Waals surface area (Å²) in [4.78, 5) is 0. The molecule has 0 unspecified atom stereocenters. The fraction of sp³-hybridized carbons (Fsp3) is 0.357. The van der Waals surface area contributed by atoms with E-state index < -0.39 is 17.4 Å². The van der Waals surface area contributed by atoms with Crippen molar-refractivity contribution in [3.8, 4) is 11.5 Å². The maximum absolute atomic E-state index is 13.6. The van der Waals surface area contributed by atoms with E-state index in [1.807, 2.05) is 0 Å². The van der Waals surface area contributed by atoms with Crippen LogP contribution >= 0.6 is 0 Å². The van der Waals surface area contributed by atoms with Crippen LogP contribution in [0.3, 0.4) is 0 Å². The molecule has 0 radical (unpaired) electrons. The lowest BCUT2D eigenvalue weighted by molar-refractivity contribution is -0.137. The predicted molar refractivity (Wildman–Crippen MR) is 139 cm³/mol. The second-order valence-electron chi connectivity index (χ2n) is 8.49. The summed E-state index contributed by atoms with van der Waals surface area (Å²) in [5.74, 6) is 1.32. The monoisotopic (exact) mass is 504 g/mol. The van der Waals surface area contributed by atoms with Gasteiger partial charge < -0.3 is 25.3 Å². The first-order valence-electron chi connectivity index (χ1n) is 11.6. The number of alkyl halides is 3. The van der Waals surface area contributed by atoms with Crippen molar-refractivity contribution in [1.82, 2.24) is 0 Å². The van der Waals surface area contributed by atoms with E-state index in [4.69, 9.17) is 19.9 Å². The SMILES string of the molecule is COCCNc1c(OC)cc(COc2ccccc2)c(C(F)(F)F)c1N.Cc1ccc(C(C)C)cc1. The van der Waals surface area contributed by atoms with Crippen LogP contribution < -0.4 is 20.5 Å². The van der Waals surface area contributed by atoms with Gasteiger partial charge in [0.2, 0.25) is 0 Å². The van der Waals surface area contributed by atoms with E-state index in [1.54, 1.807) is 30.3 Å². The third kappa shape index (κ3) is 8.37. The second-order valence-corrected chi connectivity index (χ2v) is 8.49. The number of halogens is 3. The Morgan fingerprint density at radius 3 is 2.14 bits per heavy atom. The zero-order valence-electron chi connectivity index (χ0n) is 21.4. The van der Waals surface area contributed by atoms with Gasteiger partial charge in [0.15, 0.2) is 0 Å². The summed E-state index contributed by atoms with van der Waals surface area (Å²) < 4.78 is 56.4. The molecule has 3 aromatic carbocycles. The molecule has 3 rings (SSSR count). The van der Waals surface area contributed by atoms with Gasteiger partial charge in [-0.05, 0) is 36.6 Å². The molecule has 0 fully saturated rings. The lowest BCUT2D eigenvalue weighted by atomic mass is 10.0. The molecule has 3 N–H and O–H groups in total. The van der Waals surface area contributed by atoms with Crippen LogP contribution in [0.2, 0.25) is 0 Å². The van der Waals surface area contributed by atoms with Gasteiger partial charge in [0.05, 0.1) is 25.0 Å². The maximum atomic E-state index is 13.6. The lowest BCUT2D eigenvalue weighted by Crippen LogP contribution is -2.18. The van der Waals surface area contributed by atoms with Crippen molar-refractivity contribution in [3.63, 3.8) is 0 Å². The van der Waals surface area contributed by atoms with E-state index in [0.29, 0.717) is 18.3 Å². The first kappa shape index (κ1) is 28.8. The van der Waals surface area contributed by atoms with Crippen LogP contribution in [-0.4, -0.2) is 27.4 Å². The largest absolute Gasteiger partial charge is 0.494 e. The molecule has 0 aliphatic rings. The summed E-state index contributed by atoms with van der Waals surface area (Å²) in [6.45, 7) is 6.84. The summed E-state index contributed by atoms with van der Waals surface area (Å²) in [6.07, 6.45) is -4.64. The average molecular weight is 505 g/mol.